The van der Waals surface area contributed by atoms with Crippen LogP contribution in [0.5, 0.6) is 0 Å². The number of nitrogens with zero attached hydrogens (tertiary/aromatic N) is 7. The van der Waals surface area contributed by atoms with E-state index in [-0.39, 0.29) is 42.6 Å². The summed E-state index contributed by atoms with van der Waals surface area (Å²) < 4.78 is 17.9. The maximum Gasteiger partial charge on any atom is 0.248 e. The van der Waals surface area contributed by atoms with Crippen LogP contribution in [0.25, 0.3) is 27.7 Å². The normalized spacial score (nSPS) is 16.6. The number of alkyl halides is 1. The minimum absolute atomic E-state index is 0.143. The number of Topliss-reactive ketones (excluding diaryl/α,β-unsaturated/α-hetero) is 2. The summed E-state index contributed by atoms with van der Waals surface area (Å²) in [7, 11) is 0. The van der Waals surface area contributed by atoms with Gasteiger partial charge in [0.15, 0.2) is 17.2 Å². The van der Waals surface area contributed by atoms with E-state index in [9.17, 15) is 23.6 Å². The summed E-state index contributed by atoms with van der Waals surface area (Å²) in [5.74, 6) is -1.26. The summed E-state index contributed by atoms with van der Waals surface area (Å²) in [6.45, 7) is 2.27. The Morgan fingerprint density at radius 1 is 1.05 bits per heavy atom. The molecule has 43 heavy (non-hydrogen) atoms. The van der Waals surface area contributed by atoms with Crippen LogP contribution in [-0.2, 0) is 16.1 Å². The number of rotatable bonds is 7. The van der Waals surface area contributed by atoms with E-state index in [0.29, 0.717) is 38.0 Å². The molecule has 0 saturated carbocycles. The lowest BCUT2D eigenvalue weighted by atomic mass is 10.0. The molecular formula is C29H24BrFN8O4. The maximum absolute atomic E-state index is 14.5. The minimum atomic E-state index is -1.37. The van der Waals surface area contributed by atoms with Gasteiger partial charge < -0.3 is 10.2 Å². The van der Waals surface area contributed by atoms with Gasteiger partial charge >= 0.3 is 0 Å². The van der Waals surface area contributed by atoms with Gasteiger partial charge in [-0.3, -0.25) is 23.9 Å². The van der Waals surface area contributed by atoms with Gasteiger partial charge in [0.1, 0.15) is 40.6 Å². The molecule has 1 aliphatic heterocycles. The number of anilines is 1. The fourth-order valence-electron chi connectivity index (χ4n) is 5.15. The van der Waals surface area contributed by atoms with Crippen LogP contribution in [0.15, 0.2) is 59.5 Å². The number of ketones is 2. The van der Waals surface area contributed by atoms with Crippen molar-refractivity contribution < 1.29 is 23.6 Å². The number of carbonyl (C=O) groups excluding carboxylic acids is 4. The number of amides is 2. The van der Waals surface area contributed by atoms with Crippen LogP contribution in [0.4, 0.5) is 10.2 Å². The highest BCUT2D eigenvalue weighted by atomic mass is 79.9. The third kappa shape index (κ3) is 5.52. The number of halogens is 2. The van der Waals surface area contributed by atoms with Crippen molar-refractivity contribution in [3.63, 3.8) is 0 Å². The van der Waals surface area contributed by atoms with Crippen LogP contribution in [0.3, 0.4) is 0 Å². The van der Waals surface area contributed by atoms with Gasteiger partial charge in [-0.2, -0.15) is 10.2 Å². The second-order valence-corrected chi connectivity index (χ2v) is 11.1. The predicted octanol–water partition coefficient (Wildman–Crippen LogP) is 3.89. The number of nitrogens with one attached hydrogen (secondary N) is 1. The lowest BCUT2D eigenvalue weighted by Crippen LogP contribution is -2.44. The molecule has 0 aliphatic carbocycles. The number of benzene rings is 1. The molecule has 0 unspecified atom stereocenters. The largest absolute Gasteiger partial charge is 0.326 e. The fraction of sp³-hybridized carbons (Fsp3) is 0.241. The summed E-state index contributed by atoms with van der Waals surface area (Å²) in [5.41, 5.74) is 2.90. The van der Waals surface area contributed by atoms with Gasteiger partial charge in [0.05, 0.1) is 12.1 Å². The van der Waals surface area contributed by atoms with E-state index in [1.807, 2.05) is 0 Å². The first-order chi connectivity index (χ1) is 20.6. The highest BCUT2D eigenvalue weighted by Crippen LogP contribution is 2.28. The summed E-state index contributed by atoms with van der Waals surface area (Å²) in [6.07, 6.45) is 1.86. The molecule has 5 aromatic rings. The standard InChI is InChI=1S/C29H24BrFN8O4/c1-15(40)21-10-26-32-11-18(12-39(26)35-21)17-6-7-22-20(8-17)28(16(2)41)36-38(22)14-27(42)37-13-19(31)9-23(37)29(43)34-25-5-3-4-24(30)33-25/h3-8,10-12,19,23H,9,13-14H2,1-2H3,(H,33,34,43)/t19-,23+/m1/s1. The van der Waals surface area contributed by atoms with Crippen LogP contribution in [0, 0.1) is 0 Å². The molecule has 0 bridgehead atoms. The summed E-state index contributed by atoms with van der Waals surface area (Å²) in [6, 6.07) is 10.9. The van der Waals surface area contributed by atoms with Crippen LogP contribution in [0.2, 0.25) is 0 Å². The van der Waals surface area contributed by atoms with E-state index in [2.05, 4.69) is 41.4 Å². The lowest BCUT2D eigenvalue weighted by molar-refractivity contribution is -0.137. The molecule has 1 saturated heterocycles. The third-order valence-corrected chi connectivity index (χ3v) is 7.66. The maximum atomic E-state index is 14.5. The van der Waals surface area contributed by atoms with Gasteiger partial charge in [0.2, 0.25) is 11.8 Å². The number of hydrogen-bond donors (Lipinski definition) is 1. The van der Waals surface area contributed by atoms with Gasteiger partial charge in [-0.25, -0.2) is 18.9 Å². The number of aromatic nitrogens is 6. The average molecular weight is 647 g/mol. The molecule has 6 rings (SSSR count). The van der Waals surface area contributed by atoms with Gasteiger partial charge in [0, 0.05) is 49.7 Å². The molecule has 12 nitrogen and oxygen atoms in total. The highest BCUT2D eigenvalue weighted by Gasteiger charge is 2.40. The quantitative estimate of drug-likeness (QED) is 0.207. The SMILES string of the molecule is CC(=O)c1cc2ncc(-c3ccc4c(c3)c(C(C)=O)nn4CC(=O)N3C[C@H](F)C[C@H]3C(=O)Nc3cccc(Br)n3)cn2n1. The Kier molecular flexibility index (Phi) is 7.30. The molecule has 1 fully saturated rings. The Hall–Kier alpha value is -4.85. The topological polar surface area (TPSA) is 144 Å². The number of carbonyl (C=O) groups is 4. The van der Waals surface area contributed by atoms with Crippen molar-refractivity contribution >= 4 is 61.7 Å². The van der Waals surface area contributed by atoms with Crippen molar-refractivity contribution in [3.05, 3.63) is 70.8 Å². The summed E-state index contributed by atoms with van der Waals surface area (Å²) in [4.78, 5) is 60.5. The van der Waals surface area contributed by atoms with E-state index < -0.39 is 24.0 Å². The second-order valence-electron chi connectivity index (χ2n) is 10.3. The number of likely N-dealkylation sites (tertiary alicyclic amines) is 1. The Balaban J connectivity index is 1.28. The van der Waals surface area contributed by atoms with Crippen molar-refractivity contribution in [3.8, 4) is 11.1 Å². The molecule has 4 aromatic heterocycles. The number of pyridine rings is 1. The van der Waals surface area contributed by atoms with Crippen LogP contribution in [0.1, 0.15) is 41.2 Å². The molecule has 1 N–H and O–H groups in total. The molecule has 0 radical (unpaired) electrons. The third-order valence-electron chi connectivity index (χ3n) is 7.22. The monoisotopic (exact) mass is 646 g/mol. The van der Waals surface area contributed by atoms with Crippen LogP contribution >= 0.6 is 15.9 Å². The van der Waals surface area contributed by atoms with E-state index in [1.54, 1.807) is 54.9 Å². The summed E-state index contributed by atoms with van der Waals surface area (Å²) >= 11 is 3.24. The zero-order valence-electron chi connectivity index (χ0n) is 23.0. The Labute approximate surface area is 252 Å². The van der Waals surface area contributed by atoms with Gasteiger partial charge in [-0.05, 0) is 45.8 Å². The van der Waals surface area contributed by atoms with E-state index in [4.69, 9.17) is 0 Å². The average Bonchev–Trinajstić information content (AvgIpc) is 3.67. The van der Waals surface area contributed by atoms with Crippen molar-refractivity contribution in [1.82, 2.24) is 34.3 Å². The molecule has 218 valence electrons. The molecule has 14 heteroatoms. The van der Waals surface area contributed by atoms with E-state index in [1.165, 1.54) is 27.9 Å². The molecule has 1 aromatic carbocycles. The van der Waals surface area contributed by atoms with Gasteiger partial charge in [-0.1, -0.05) is 12.1 Å². The molecule has 5 heterocycles. The minimum Gasteiger partial charge on any atom is -0.326 e. The van der Waals surface area contributed by atoms with Crippen LogP contribution < -0.4 is 5.32 Å². The lowest BCUT2D eigenvalue weighted by Gasteiger charge is -2.23. The fourth-order valence-corrected chi connectivity index (χ4v) is 5.50. The van der Waals surface area contributed by atoms with Crippen molar-refractivity contribution in [2.45, 2.75) is 39.0 Å². The first-order valence-electron chi connectivity index (χ1n) is 13.3. The first kappa shape index (κ1) is 28.3. The van der Waals surface area contributed by atoms with E-state index in [0.717, 1.165) is 0 Å². The van der Waals surface area contributed by atoms with Crippen LogP contribution in [-0.4, -0.2) is 76.4 Å². The molecule has 2 amide bonds. The Morgan fingerprint density at radius 3 is 2.60 bits per heavy atom. The number of hydrogen-bond acceptors (Lipinski definition) is 8. The van der Waals surface area contributed by atoms with Gasteiger partial charge in [-0.15, -0.1) is 0 Å². The zero-order chi connectivity index (χ0) is 30.4. The Bertz CT molecular complexity index is 1950. The predicted molar refractivity (Wildman–Crippen MR) is 157 cm³/mol. The highest BCUT2D eigenvalue weighted by molar-refractivity contribution is 9.10. The van der Waals surface area contributed by atoms with Crippen molar-refractivity contribution in [2.75, 3.05) is 11.9 Å². The van der Waals surface area contributed by atoms with Gasteiger partial charge in [0.25, 0.3) is 0 Å². The molecular weight excluding hydrogens is 623 g/mol. The zero-order valence-corrected chi connectivity index (χ0v) is 24.6. The van der Waals surface area contributed by atoms with E-state index >= 15 is 0 Å². The second kappa shape index (κ2) is 11.1. The smallest absolute Gasteiger partial charge is 0.248 e. The molecule has 2 atom stereocenters. The molecule has 0 spiro atoms. The molecule has 1 aliphatic rings. The van der Waals surface area contributed by atoms with Crippen molar-refractivity contribution in [1.29, 1.82) is 0 Å². The van der Waals surface area contributed by atoms with Crippen molar-refractivity contribution in [2.24, 2.45) is 0 Å². The summed E-state index contributed by atoms with van der Waals surface area (Å²) in [5, 5.41) is 11.8. The number of fused-ring (bicyclic) bond motifs is 2. The Morgan fingerprint density at radius 2 is 1.86 bits per heavy atom. The first-order valence-corrected chi connectivity index (χ1v) is 14.1.